The summed E-state index contributed by atoms with van der Waals surface area (Å²) in [6, 6.07) is 3.96. The van der Waals surface area contributed by atoms with Gasteiger partial charge in [-0.25, -0.2) is 0 Å². The minimum atomic E-state index is 0. The van der Waals surface area contributed by atoms with Crippen LogP contribution in [0.25, 0.3) is 0 Å². The first-order valence-corrected chi connectivity index (χ1v) is 3.61. The van der Waals surface area contributed by atoms with Crippen LogP contribution in [0.1, 0.15) is 19.6 Å². The van der Waals surface area contributed by atoms with Crippen LogP contribution in [0.15, 0.2) is 23.3 Å². The van der Waals surface area contributed by atoms with Crippen molar-refractivity contribution >= 4 is 5.71 Å². The van der Waals surface area contributed by atoms with Crippen LogP contribution in [0, 0.1) is 6.92 Å². The van der Waals surface area contributed by atoms with Crippen molar-refractivity contribution in [2.75, 3.05) is 7.05 Å². The van der Waals surface area contributed by atoms with Gasteiger partial charge in [-0.05, 0) is 26.0 Å². The highest BCUT2D eigenvalue weighted by molar-refractivity contribution is 5.99. The summed E-state index contributed by atoms with van der Waals surface area (Å²) in [4.78, 5) is 8.26. The van der Waals surface area contributed by atoms with Gasteiger partial charge in [-0.1, -0.05) is 0 Å². The van der Waals surface area contributed by atoms with Gasteiger partial charge in [0.15, 0.2) is 0 Å². The van der Waals surface area contributed by atoms with Crippen LogP contribution in [0.3, 0.4) is 0 Å². The molecule has 1 heterocycles. The summed E-state index contributed by atoms with van der Waals surface area (Å²) in [5.41, 5.74) is 3.21. The Bertz CT molecular complexity index is 282. The zero-order valence-electron chi connectivity index (χ0n) is 7.13. The van der Waals surface area contributed by atoms with Crippen LogP contribution in [-0.2, 0) is 0 Å². The summed E-state index contributed by atoms with van der Waals surface area (Å²) in [5.74, 6) is 0. The zero-order chi connectivity index (χ0) is 8.27. The van der Waals surface area contributed by atoms with E-state index in [9.17, 15) is 0 Å². The van der Waals surface area contributed by atoms with Crippen molar-refractivity contribution in [3.05, 3.63) is 29.6 Å². The Kier molecular flexibility index (Phi) is 2.36. The molecule has 1 aromatic heterocycles. The van der Waals surface area contributed by atoms with Gasteiger partial charge in [0.05, 0.1) is 0 Å². The maximum atomic E-state index is 4.17. The number of hydrogen-bond acceptors (Lipinski definition) is 2. The molecule has 0 bridgehead atoms. The SMILES string of the molecule is CN=C(C)c1cccnc1C.[HH]. The fourth-order valence-corrected chi connectivity index (χ4v) is 0.987. The molecule has 0 aliphatic carbocycles. The molecule has 0 N–H and O–H groups in total. The Morgan fingerprint density at radius 1 is 1.64 bits per heavy atom. The first-order valence-electron chi connectivity index (χ1n) is 3.61. The Morgan fingerprint density at radius 3 is 2.91 bits per heavy atom. The minimum Gasteiger partial charge on any atom is -0.293 e. The van der Waals surface area contributed by atoms with Crippen molar-refractivity contribution in [3.63, 3.8) is 0 Å². The monoisotopic (exact) mass is 150 g/mol. The molecule has 60 valence electrons. The molecule has 0 aliphatic heterocycles. The molecule has 0 aliphatic rings. The average molecular weight is 150 g/mol. The van der Waals surface area contributed by atoms with Gasteiger partial charge < -0.3 is 0 Å². The maximum Gasteiger partial charge on any atom is 0.0462 e. The van der Waals surface area contributed by atoms with E-state index in [1.807, 2.05) is 26.0 Å². The van der Waals surface area contributed by atoms with Gasteiger partial charge in [0, 0.05) is 31.6 Å². The highest BCUT2D eigenvalue weighted by atomic mass is 14.7. The van der Waals surface area contributed by atoms with Gasteiger partial charge >= 0.3 is 0 Å². The first kappa shape index (κ1) is 7.92. The van der Waals surface area contributed by atoms with E-state index in [4.69, 9.17) is 0 Å². The number of rotatable bonds is 1. The number of aryl methyl sites for hydroxylation is 1. The molecular formula is C9H14N2. The van der Waals surface area contributed by atoms with E-state index in [0.717, 1.165) is 17.0 Å². The molecule has 0 amide bonds. The molecule has 0 saturated heterocycles. The number of nitrogens with zero attached hydrogens (tertiary/aromatic N) is 2. The molecule has 0 unspecified atom stereocenters. The molecule has 11 heavy (non-hydrogen) atoms. The van der Waals surface area contributed by atoms with Gasteiger partial charge in [0.2, 0.25) is 0 Å². The van der Waals surface area contributed by atoms with Crippen molar-refractivity contribution in [1.29, 1.82) is 0 Å². The summed E-state index contributed by atoms with van der Waals surface area (Å²) in [5, 5.41) is 0. The second kappa shape index (κ2) is 3.28. The molecule has 0 spiro atoms. The summed E-state index contributed by atoms with van der Waals surface area (Å²) >= 11 is 0. The summed E-state index contributed by atoms with van der Waals surface area (Å²) in [7, 11) is 1.79. The number of aliphatic imine (C=N–C) groups is 1. The van der Waals surface area contributed by atoms with Crippen LogP contribution < -0.4 is 0 Å². The van der Waals surface area contributed by atoms with Crippen molar-refractivity contribution in [1.82, 2.24) is 4.98 Å². The standard InChI is InChI=1S/C9H12N2.H2/c1-7(10-3)9-5-4-6-11-8(9)2;/h4-6H,1-3H3;1H. The lowest BCUT2D eigenvalue weighted by molar-refractivity contribution is 1.18. The first-order chi connectivity index (χ1) is 5.25. The van der Waals surface area contributed by atoms with E-state index < -0.39 is 0 Å². The van der Waals surface area contributed by atoms with Crippen molar-refractivity contribution < 1.29 is 1.43 Å². The van der Waals surface area contributed by atoms with E-state index >= 15 is 0 Å². The van der Waals surface area contributed by atoms with Crippen molar-refractivity contribution in [2.45, 2.75) is 13.8 Å². The Balaban J connectivity index is 0.00000121. The van der Waals surface area contributed by atoms with Gasteiger partial charge in [-0.2, -0.15) is 0 Å². The topological polar surface area (TPSA) is 25.2 Å². The lowest BCUT2D eigenvalue weighted by Crippen LogP contribution is -1.98. The summed E-state index contributed by atoms with van der Waals surface area (Å²) in [6.45, 7) is 3.98. The summed E-state index contributed by atoms with van der Waals surface area (Å²) < 4.78 is 0. The highest BCUT2D eigenvalue weighted by Gasteiger charge is 1.98. The predicted molar refractivity (Wildman–Crippen MR) is 49.2 cm³/mol. The molecule has 2 nitrogen and oxygen atoms in total. The number of hydrogen-bond donors (Lipinski definition) is 0. The van der Waals surface area contributed by atoms with Crippen LogP contribution >= 0.6 is 0 Å². The fraction of sp³-hybridized carbons (Fsp3) is 0.333. The van der Waals surface area contributed by atoms with Gasteiger partial charge in [-0.15, -0.1) is 0 Å². The van der Waals surface area contributed by atoms with Gasteiger partial charge in [0.25, 0.3) is 0 Å². The van der Waals surface area contributed by atoms with Crippen LogP contribution in [0.4, 0.5) is 0 Å². The Labute approximate surface area is 68.5 Å². The van der Waals surface area contributed by atoms with Crippen molar-refractivity contribution in [2.24, 2.45) is 4.99 Å². The second-order valence-electron chi connectivity index (χ2n) is 2.45. The van der Waals surface area contributed by atoms with E-state index in [1.54, 1.807) is 13.2 Å². The van der Waals surface area contributed by atoms with Crippen molar-refractivity contribution in [3.8, 4) is 0 Å². The third kappa shape index (κ3) is 1.64. The van der Waals surface area contributed by atoms with Crippen LogP contribution in [-0.4, -0.2) is 17.7 Å². The average Bonchev–Trinajstić information content (AvgIpc) is 2.04. The molecule has 0 fully saturated rings. The number of pyridine rings is 1. The normalized spacial score (nSPS) is 11.7. The molecule has 2 heteroatoms. The molecule has 1 rings (SSSR count). The molecule has 0 atom stereocenters. The second-order valence-corrected chi connectivity index (χ2v) is 2.45. The molecule has 0 saturated carbocycles. The zero-order valence-corrected chi connectivity index (χ0v) is 7.13. The molecule has 0 radical (unpaired) electrons. The smallest absolute Gasteiger partial charge is 0.0462 e. The van der Waals surface area contributed by atoms with Gasteiger partial charge in [-0.3, -0.25) is 9.98 Å². The fourth-order valence-electron chi connectivity index (χ4n) is 0.987. The lowest BCUT2D eigenvalue weighted by atomic mass is 10.1. The minimum absolute atomic E-state index is 0. The van der Waals surface area contributed by atoms with Gasteiger partial charge in [0.1, 0.15) is 0 Å². The molecule has 0 aromatic carbocycles. The predicted octanol–water partition coefficient (Wildman–Crippen LogP) is 2.07. The number of aromatic nitrogens is 1. The lowest BCUT2D eigenvalue weighted by Gasteiger charge is -2.01. The highest BCUT2D eigenvalue weighted by Crippen LogP contribution is 2.04. The largest absolute Gasteiger partial charge is 0.293 e. The Morgan fingerprint density at radius 2 is 2.36 bits per heavy atom. The van der Waals surface area contributed by atoms with Crippen LogP contribution in [0.2, 0.25) is 0 Å². The Hall–Kier alpha value is -1.18. The van der Waals surface area contributed by atoms with E-state index in [2.05, 4.69) is 9.98 Å². The van der Waals surface area contributed by atoms with E-state index in [-0.39, 0.29) is 1.43 Å². The maximum absolute atomic E-state index is 4.17. The quantitative estimate of drug-likeness (QED) is 0.562. The third-order valence-corrected chi connectivity index (χ3v) is 1.73. The molecule has 1 aromatic rings. The van der Waals surface area contributed by atoms with E-state index in [1.165, 1.54) is 0 Å². The molecular weight excluding hydrogens is 136 g/mol. The summed E-state index contributed by atoms with van der Waals surface area (Å²) in [6.07, 6.45) is 1.79. The third-order valence-electron chi connectivity index (χ3n) is 1.73. The van der Waals surface area contributed by atoms with Crippen LogP contribution in [0.5, 0.6) is 0 Å². The van der Waals surface area contributed by atoms with E-state index in [0.29, 0.717) is 0 Å².